The third-order valence-corrected chi connectivity index (χ3v) is 3.47. The first kappa shape index (κ1) is 14.2. The van der Waals surface area contributed by atoms with Crippen LogP contribution in [-0.2, 0) is 0 Å². The maximum atomic E-state index is 13.3. The molecule has 0 spiro atoms. The van der Waals surface area contributed by atoms with Gasteiger partial charge in [0.15, 0.2) is 0 Å². The molecule has 0 amide bonds. The summed E-state index contributed by atoms with van der Waals surface area (Å²) in [5, 5.41) is 3.28. The molecule has 1 atom stereocenters. The van der Waals surface area contributed by atoms with Crippen LogP contribution in [0, 0.1) is 11.6 Å². The van der Waals surface area contributed by atoms with Gasteiger partial charge in [-0.2, -0.15) is 0 Å². The van der Waals surface area contributed by atoms with Crippen molar-refractivity contribution >= 4 is 15.9 Å². The molecule has 19 heavy (non-hydrogen) atoms. The van der Waals surface area contributed by atoms with Gasteiger partial charge in [0.1, 0.15) is 11.6 Å². The Morgan fingerprint density at radius 1 is 1.11 bits per heavy atom. The summed E-state index contributed by atoms with van der Waals surface area (Å²) < 4.78 is 27.0. The Labute approximate surface area is 119 Å². The summed E-state index contributed by atoms with van der Waals surface area (Å²) >= 11 is 3.18. The zero-order valence-electron chi connectivity index (χ0n) is 10.5. The van der Waals surface area contributed by atoms with Gasteiger partial charge in [-0.3, -0.25) is 0 Å². The molecule has 0 saturated heterocycles. The largest absolute Gasteiger partial charge is 0.307 e. The summed E-state index contributed by atoms with van der Waals surface area (Å²) in [4.78, 5) is 0. The van der Waals surface area contributed by atoms with E-state index in [0.717, 1.165) is 17.7 Å². The van der Waals surface area contributed by atoms with Crippen LogP contribution in [0.3, 0.4) is 0 Å². The Balaban J connectivity index is 2.42. The smallest absolute Gasteiger partial charge is 0.137 e. The van der Waals surface area contributed by atoms with Gasteiger partial charge in [0.2, 0.25) is 0 Å². The monoisotopic (exact) mass is 325 g/mol. The summed E-state index contributed by atoms with van der Waals surface area (Å²) in [7, 11) is 0. The maximum absolute atomic E-state index is 13.3. The fraction of sp³-hybridized carbons (Fsp3) is 0.200. The third-order valence-electron chi connectivity index (χ3n) is 2.87. The number of benzene rings is 2. The van der Waals surface area contributed by atoms with Crippen molar-refractivity contribution in [3.8, 4) is 0 Å². The number of hydrogen-bond acceptors (Lipinski definition) is 1. The van der Waals surface area contributed by atoms with Crippen LogP contribution in [0.5, 0.6) is 0 Å². The van der Waals surface area contributed by atoms with Gasteiger partial charge in [-0.05, 0) is 57.9 Å². The lowest BCUT2D eigenvalue weighted by molar-refractivity contribution is 0.597. The Bertz CT molecular complexity index is 572. The molecule has 0 fully saturated rings. The molecule has 1 nitrogen and oxygen atoms in total. The van der Waals surface area contributed by atoms with E-state index in [-0.39, 0.29) is 17.7 Å². The van der Waals surface area contributed by atoms with Crippen molar-refractivity contribution in [1.82, 2.24) is 5.32 Å². The Morgan fingerprint density at radius 3 is 2.47 bits per heavy atom. The van der Waals surface area contributed by atoms with Crippen LogP contribution < -0.4 is 5.32 Å². The lowest BCUT2D eigenvalue weighted by atomic mass is 9.98. The molecule has 0 aliphatic rings. The molecule has 1 unspecified atom stereocenters. The van der Waals surface area contributed by atoms with Crippen molar-refractivity contribution in [2.45, 2.75) is 13.0 Å². The molecule has 0 aliphatic carbocycles. The third kappa shape index (κ3) is 3.39. The Hall–Kier alpha value is -1.26. The highest BCUT2D eigenvalue weighted by Gasteiger charge is 2.14. The second kappa shape index (κ2) is 6.26. The molecule has 0 aromatic heterocycles. The zero-order valence-corrected chi connectivity index (χ0v) is 12.0. The zero-order chi connectivity index (χ0) is 13.8. The summed E-state index contributed by atoms with van der Waals surface area (Å²) in [6.45, 7) is 2.71. The van der Waals surface area contributed by atoms with Gasteiger partial charge >= 0.3 is 0 Å². The fourth-order valence-electron chi connectivity index (χ4n) is 2.01. The lowest BCUT2D eigenvalue weighted by Crippen LogP contribution is -2.22. The van der Waals surface area contributed by atoms with Gasteiger partial charge in [-0.1, -0.05) is 25.1 Å². The molecule has 0 heterocycles. The molecule has 0 saturated carbocycles. The number of hydrogen-bond donors (Lipinski definition) is 1. The molecule has 1 N–H and O–H groups in total. The van der Waals surface area contributed by atoms with Gasteiger partial charge < -0.3 is 5.32 Å². The molecule has 100 valence electrons. The highest BCUT2D eigenvalue weighted by atomic mass is 79.9. The van der Waals surface area contributed by atoms with E-state index in [9.17, 15) is 8.78 Å². The Morgan fingerprint density at radius 2 is 1.84 bits per heavy atom. The lowest BCUT2D eigenvalue weighted by Gasteiger charge is -2.19. The molecular weight excluding hydrogens is 312 g/mol. The van der Waals surface area contributed by atoms with E-state index >= 15 is 0 Å². The van der Waals surface area contributed by atoms with Crippen molar-refractivity contribution in [2.24, 2.45) is 0 Å². The molecule has 0 radical (unpaired) electrons. The van der Waals surface area contributed by atoms with Crippen LogP contribution in [0.1, 0.15) is 24.1 Å². The average molecular weight is 326 g/mol. The fourth-order valence-corrected chi connectivity index (χ4v) is 2.41. The summed E-state index contributed by atoms with van der Waals surface area (Å²) in [6, 6.07) is 11.1. The molecule has 0 aliphatic heterocycles. The number of rotatable bonds is 4. The van der Waals surface area contributed by atoms with Crippen LogP contribution in [-0.4, -0.2) is 6.54 Å². The molecular formula is C15H14BrF2N. The van der Waals surface area contributed by atoms with Gasteiger partial charge in [0.25, 0.3) is 0 Å². The summed E-state index contributed by atoms with van der Waals surface area (Å²) in [6.07, 6.45) is 0. The van der Waals surface area contributed by atoms with Gasteiger partial charge in [-0.15, -0.1) is 0 Å². The van der Waals surface area contributed by atoms with E-state index in [1.165, 1.54) is 18.2 Å². The van der Waals surface area contributed by atoms with Crippen LogP contribution in [0.15, 0.2) is 46.9 Å². The number of nitrogens with one attached hydrogen (secondary N) is 1. The van der Waals surface area contributed by atoms with Crippen LogP contribution in [0.2, 0.25) is 0 Å². The average Bonchev–Trinajstić information content (AvgIpc) is 2.39. The van der Waals surface area contributed by atoms with E-state index in [0.29, 0.717) is 4.47 Å². The quantitative estimate of drug-likeness (QED) is 0.877. The van der Waals surface area contributed by atoms with E-state index in [1.54, 1.807) is 18.2 Å². The number of halogens is 3. The van der Waals surface area contributed by atoms with E-state index < -0.39 is 0 Å². The maximum Gasteiger partial charge on any atom is 0.137 e. The van der Waals surface area contributed by atoms with Crippen LogP contribution in [0.4, 0.5) is 8.78 Å². The SMILES string of the molecule is CCNC(c1cccc(F)c1)c1ccc(F)c(Br)c1. The highest BCUT2D eigenvalue weighted by Crippen LogP contribution is 2.26. The molecule has 0 bridgehead atoms. The predicted octanol–water partition coefficient (Wildman–Crippen LogP) is 4.43. The standard InChI is InChI=1S/C15H14BrF2N/c1-2-19-15(10-4-3-5-12(17)8-10)11-6-7-14(18)13(16)9-11/h3-9,15,19H,2H2,1H3. The van der Waals surface area contributed by atoms with Gasteiger partial charge in [0, 0.05) is 0 Å². The van der Waals surface area contributed by atoms with Gasteiger partial charge in [0.05, 0.1) is 10.5 Å². The first-order chi connectivity index (χ1) is 9.11. The predicted molar refractivity (Wildman–Crippen MR) is 76.0 cm³/mol. The summed E-state index contributed by atoms with van der Waals surface area (Å²) in [5.41, 5.74) is 1.71. The van der Waals surface area contributed by atoms with E-state index in [4.69, 9.17) is 0 Å². The van der Waals surface area contributed by atoms with Crippen LogP contribution in [0.25, 0.3) is 0 Å². The van der Waals surface area contributed by atoms with Crippen molar-refractivity contribution < 1.29 is 8.78 Å². The van der Waals surface area contributed by atoms with Crippen molar-refractivity contribution in [2.75, 3.05) is 6.54 Å². The molecule has 4 heteroatoms. The second-order valence-electron chi connectivity index (χ2n) is 4.22. The van der Waals surface area contributed by atoms with Gasteiger partial charge in [-0.25, -0.2) is 8.78 Å². The Kier molecular flexibility index (Phi) is 4.66. The first-order valence-electron chi connectivity index (χ1n) is 6.05. The van der Waals surface area contributed by atoms with Crippen molar-refractivity contribution in [3.63, 3.8) is 0 Å². The summed E-state index contributed by atoms with van der Waals surface area (Å²) in [5.74, 6) is -0.583. The van der Waals surface area contributed by atoms with E-state index in [1.807, 2.05) is 13.0 Å². The first-order valence-corrected chi connectivity index (χ1v) is 6.85. The second-order valence-corrected chi connectivity index (χ2v) is 5.07. The molecule has 2 aromatic rings. The van der Waals surface area contributed by atoms with E-state index in [2.05, 4.69) is 21.2 Å². The normalized spacial score (nSPS) is 12.4. The van der Waals surface area contributed by atoms with Crippen molar-refractivity contribution in [3.05, 3.63) is 69.7 Å². The molecule has 2 rings (SSSR count). The molecule has 2 aromatic carbocycles. The minimum absolute atomic E-state index is 0.155. The minimum Gasteiger partial charge on any atom is -0.307 e. The highest BCUT2D eigenvalue weighted by molar-refractivity contribution is 9.10. The van der Waals surface area contributed by atoms with Crippen LogP contribution >= 0.6 is 15.9 Å². The van der Waals surface area contributed by atoms with Crippen molar-refractivity contribution in [1.29, 1.82) is 0 Å². The minimum atomic E-state index is -0.307. The topological polar surface area (TPSA) is 12.0 Å².